The summed E-state index contributed by atoms with van der Waals surface area (Å²) in [5, 5.41) is 7.61. The molecule has 2 unspecified atom stereocenters. The molecule has 6 nitrogen and oxygen atoms in total. The van der Waals surface area contributed by atoms with Gasteiger partial charge in [0.2, 0.25) is 0 Å². The highest BCUT2D eigenvalue weighted by Gasteiger charge is 2.22. The molecule has 1 fully saturated rings. The van der Waals surface area contributed by atoms with Gasteiger partial charge in [-0.05, 0) is 19.9 Å². The van der Waals surface area contributed by atoms with Crippen molar-refractivity contribution in [2.75, 3.05) is 20.1 Å². The molecule has 1 rings (SSSR count). The molecule has 0 aromatic rings. The van der Waals surface area contributed by atoms with Gasteiger partial charge in [0.1, 0.15) is 6.10 Å². The van der Waals surface area contributed by atoms with Crippen LogP contribution in [0.2, 0.25) is 0 Å². The Kier molecular flexibility index (Phi) is 4.51. The summed E-state index contributed by atoms with van der Waals surface area (Å²) in [4.78, 5) is 22.2. The highest BCUT2D eigenvalue weighted by atomic mass is 16.5. The number of rotatable bonds is 3. The number of hydrogen-bond donors (Lipinski definition) is 3. The first-order valence-corrected chi connectivity index (χ1v) is 5.02. The molecule has 3 amide bonds. The van der Waals surface area contributed by atoms with Crippen molar-refractivity contribution >= 4 is 11.9 Å². The van der Waals surface area contributed by atoms with E-state index in [1.807, 2.05) is 0 Å². The first-order chi connectivity index (χ1) is 7.13. The van der Waals surface area contributed by atoms with Crippen LogP contribution in [0.5, 0.6) is 0 Å². The van der Waals surface area contributed by atoms with Crippen molar-refractivity contribution in [3.63, 3.8) is 0 Å². The predicted octanol–water partition coefficient (Wildman–Crippen LogP) is -0.791. The van der Waals surface area contributed by atoms with Gasteiger partial charge in [0.05, 0.1) is 6.10 Å². The van der Waals surface area contributed by atoms with Crippen molar-refractivity contribution in [2.45, 2.75) is 25.6 Å². The maximum absolute atomic E-state index is 11.4. The number of imide groups is 1. The van der Waals surface area contributed by atoms with Crippen LogP contribution in [0.15, 0.2) is 0 Å². The number of ether oxygens (including phenoxy) is 1. The topological polar surface area (TPSA) is 79.5 Å². The normalized spacial score (nSPS) is 22.1. The average molecular weight is 215 g/mol. The van der Waals surface area contributed by atoms with Crippen molar-refractivity contribution in [3.05, 3.63) is 0 Å². The van der Waals surface area contributed by atoms with Crippen LogP contribution in [-0.2, 0) is 9.53 Å². The molecule has 0 radical (unpaired) electrons. The fraction of sp³-hybridized carbons (Fsp3) is 0.778. The second-order valence-corrected chi connectivity index (χ2v) is 3.46. The summed E-state index contributed by atoms with van der Waals surface area (Å²) in [5.74, 6) is -0.416. The molecule has 0 spiro atoms. The van der Waals surface area contributed by atoms with E-state index in [0.29, 0.717) is 0 Å². The van der Waals surface area contributed by atoms with Gasteiger partial charge in [0, 0.05) is 13.6 Å². The van der Waals surface area contributed by atoms with Crippen LogP contribution in [0, 0.1) is 0 Å². The van der Waals surface area contributed by atoms with E-state index in [4.69, 9.17) is 4.74 Å². The lowest BCUT2D eigenvalue weighted by Crippen LogP contribution is -2.44. The molecule has 1 aliphatic heterocycles. The molecule has 1 saturated heterocycles. The van der Waals surface area contributed by atoms with Crippen molar-refractivity contribution in [2.24, 2.45) is 0 Å². The Morgan fingerprint density at radius 2 is 2.27 bits per heavy atom. The Labute approximate surface area is 88.7 Å². The maximum Gasteiger partial charge on any atom is 0.321 e. The van der Waals surface area contributed by atoms with Crippen LogP contribution < -0.4 is 16.0 Å². The molecule has 15 heavy (non-hydrogen) atoms. The van der Waals surface area contributed by atoms with Crippen LogP contribution in [0.4, 0.5) is 4.79 Å². The molecule has 3 N–H and O–H groups in total. The summed E-state index contributed by atoms with van der Waals surface area (Å²) in [5.41, 5.74) is 0. The SMILES string of the molecule is CNC(=O)NC(=O)C(C)OC1CCNC1. The minimum absolute atomic E-state index is 0.0652. The molecule has 1 heterocycles. The van der Waals surface area contributed by atoms with E-state index in [9.17, 15) is 9.59 Å². The van der Waals surface area contributed by atoms with Gasteiger partial charge in [0.25, 0.3) is 5.91 Å². The van der Waals surface area contributed by atoms with Gasteiger partial charge in [0.15, 0.2) is 0 Å². The fourth-order valence-corrected chi connectivity index (χ4v) is 1.37. The Hall–Kier alpha value is -1.14. The molecular formula is C9H17N3O3. The molecular weight excluding hydrogens is 198 g/mol. The van der Waals surface area contributed by atoms with Gasteiger partial charge in [-0.1, -0.05) is 0 Å². The number of nitrogens with one attached hydrogen (secondary N) is 3. The van der Waals surface area contributed by atoms with E-state index in [0.717, 1.165) is 19.5 Å². The summed E-state index contributed by atoms with van der Waals surface area (Å²) in [6.07, 6.45) is 0.361. The Morgan fingerprint density at radius 1 is 1.53 bits per heavy atom. The molecule has 0 aromatic heterocycles. The van der Waals surface area contributed by atoms with Crippen LogP contribution in [0.3, 0.4) is 0 Å². The first-order valence-electron chi connectivity index (χ1n) is 5.02. The Bertz CT molecular complexity index is 239. The van der Waals surface area contributed by atoms with Gasteiger partial charge in [-0.15, -0.1) is 0 Å². The van der Waals surface area contributed by atoms with Crippen LogP contribution >= 0.6 is 0 Å². The van der Waals surface area contributed by atoms with Crippen molar-refractivity contribution < 1.29 is 14.3 Å². The first kappa shape index (κ1) is 11.9. The second kappa shape index (κ2) is 5.67. The average Bonchev–Trinajstić information content (AvgIpc) is 2.70. The van der Waals surface area contributed by atoms with Crippen molar-refractivity contribution in [3.8, 4) is 0 Å². The van der Waals surface area contributed by atoms with Crippen LogP contribution in [-0.4, -0.2) is 44.3 Å². The zero-order valence-corrected chi connectivity index (χ0v) is 9.00. The third-order valence-corrected chi connectivity index (χ3v) is 2.24. The largest absolute Gasteiger partial charge is 0.364 e. The van der Waals surface area contributed by atoms with Gasteiger partial charge in [-0.3, -0.25) is 10.1 Å². The number of urea groups is 1. The lowest BCUT2D eigenvalue weighted by molar-refractivity contribution is -0.133. The Balaban J connectivity index is 2.28. The standard InChI is InChI=1S/C9H17N3O3/c1-6(8(13)12-9(14)10-2)15-7-3-4-11-5-7/h6-7,11H,3-5H2,1-2H3,(H2,10,12,13,14). The third kappa shape index (κ3) is 3.85. The van der Waals surface area contributed by atoms with E-state index >= 15 is 0 Å². The summed E-state index contributed by atoms with van der Waals surface area (Å²) in [6, 6.07) is -0.514. The minimum Gasteiger partial charge on any atom is -0.364 e. The van der Waals surface area contributed by atoms with E-state index in [-0.39, 0.29) is 6.10 Å². The van der Waals surface area contributed by atoms with Gasteiger partial charge < -0.3 is 15.4 Å². The number of carbonyl (C=O) groups is 2. The molecule has 0 bridgehead atoms. The number of carbonyl (C=O) groups excluding carboxylic acids is 2. The molecule has 6 heteroatoms. The smallest absolute Gasteiger partial charge is 0.321 e. The highest BCUT2D eigenvalue weighted by Crippen LogP contribution is 2.06. The molecule has 0 aliphatic carbocycles. The van der Waals surface area contributed by atoms with E-state index in [1.165, 1.54) is 7.05 Å². The summed E-state index contributed by atoms with van der Waals surface area (Å²) in [6.45, 7) is 3.31. The molecule has 2 atom stereocenters. The van der Waals surface area contributed by atoms with Gasteiger partial charge in [-0.2, -0.15) is 0 Å². The van der Waals surface area contributed by atoms with Gasteiger partial charge in [-0.25, -0.2) is 4.79 Å². The monoisotopic (exact) mass is 215 g/mol. The summed E-state index contributed by atoms with van der Waals surface area (Å²) >= 11 is 0. The van der Waals surface area contributed by atoms with Crippen LogP contribution in [0.1, 0.15) is 13.3 Å². The highest BCUT2D eigenvalue weighted by molar-refractivity contribution is 5.96. The number of amides is 3. The third-order valence-electron chi connectivity index (χ3n) is 2.24. The lowest BCUT2D eigenvalue weighted by Gasteiger charge is -2.16. The summed E-state index contributed by atoms with van der Waals surface area (Å²) in [7, 11) is 1.45. The Morgan fingerprint density at radius 3 is 2.80 bits per heavy atom. The zero-order valence-electron chi connectivity index (χ0n) is 9.00. The minimum atomic E-state index is -0.604. The van der Waals surface area contributed by atoms with Crippen molar-refractivity contribution in [1.82, 2.24) is 16.0 Å². The maximum atomic E-state index is 11.4. The second-order valence-electron chi connectivity index (χ2n) is 3.46. The number of hydrogen-bond acceptors (Lipinski definition) is 4. The van der Waals surface area contributed by atoms with Crippen molar-refractivity contribution in [1.29, 1.82) is 0 Å². The van der Waals surface area contributed by atoms with E-state index in [1.54, 1.807) is 6.92 Å². The molecule has 0 aromatic carbocycles. The summed E-state index contributed by atoms with van der Waals surface area (Å²) < 4.78 is 5.46. The molecule has 86 valence electrons. The van der Waals surface area contributed by atoms with Gasteiger partial charge >= 0.3 is 6.03 Å². The lowest BCUT2D eigenvalue weighted by atomic mass is 10.3. The van der Waals surface area contributed by atoms with Crippen LogP contribution in [0.25, 0.3) is 0 Å². The predicted molar refractivity (Wildman–Crippen MR) is 54.4 cm³/mol. The fourth-order valence-electron chi connectivity index (χ4n) is 1.37. The quantitative estimate of drug-likeness (QED) is 0.576. The zero-order chi connectivity index (χ0) is 11.3. The van der Waals surface area contributed by atoms with E-state index in [2.05, 4.69) is 16.0 Å². The van der Waals surface area contributed by atoms with E-state index < -0.39 is 18.0 Å². The molecule has 1 aliphatic rings. The molecule has 0 saturated carbocycles.